The zero-order chi connectivity index (χ0) is 19.7. The minimum absolute atomic E-state index is 0.0160. The number of furan rings is 1. The first kappa shape index (κ1) is 18.8. The van der Waals surface area contributed by atoms with Crippen molar-refractivity contribution in [2.24, 2.45) is 0 Å². The number of hydrazine groups is 1. The van der Waals surface area contributed by atoms with Crippen LogP contribution in [0.1, 0.15) is 5.76 Å². The van der Waals surface area contributed by atoms with Crippen molar-refractivity contribution in [3.05, 3.63) is 57.2 Å². The Bertz CT molecular complexity index is 964. The van der Waals surface area contributed by atoms with Crippen molar-refractivity contribution in [2.45, 2.75) is 0 Å². The molecule has 8 nitrogen and oxygen atoms in total. The molecular weight excluding hydrogens is 402 g/mol. The molecule has 0 atom stereocenters. The van der Waals surface area contributed by atoms with E-state index in [0.717, 1.165) is 0 Å². The van der Waals surface area contributed by atoms with E-state index in [-0.39, 0.29) is 11.6 Å². The second-order valence-electron chi connectivity index (χ2n) is 6.07. The summed E-state index contributed by atoms with van der Waals surface area (Å²) in [7, 11) is 0. The van der Waals surface area contributed by atoms with Crippen LogP contribution in [0.25, 0.3) is 17.4 Å². The van der Waals surface area contributed by atoms with E-state index in [9.17, 15) is 14.9 Å². The summed E-state index contributed by atoms with van der Waals surface area (Å²) >= 11 is 6.60. The number of nitrogens with zero attached hydrogens (tertiary/aromatic N) is 3. The van der Waals surface area contributed by atoms with Crippen LogP contribution in [0, 0.1) is 10.1 Å². The monoisotopic (exact) mass is 417 g/mol. The third-order valence-corrected chi connectivity index (χ3v) is 5.59. The van der Waals surface area contributed by atoms with Crippen LogP contribution in [0.2, 0.25) is 0 Å². The second kappa shape index (κ2) is 7.84. The Balaban J connectivity index is 1.52. The summed E-state index contributed by atoms with van der Waals surface area (Å²) in [6, 6.07) is 9.60. The summed E-state index contributed by atoms with van der Waals surface area (Å²) in [6.45, 7) is 2.36. The number of nitro benzene ring substituents is 1. The maximum absolute atomic E-state index is 12.8. The number of benzene rings is 1. The van der Waals surface area contributed by atoms with Crippen LogP contribution >= 0.6 is 24.0 Å². The van der Waals surface area contributed by atoms with Gasteiger partial charge in [-0.3, -0.25) is 14.9 Å². The molecule has 2 aliphatic rings. The highest BCUT2D eigenvalue weighted by Crippen LogP contribution is 2.35. The van der Waals surface area contributed by atoms with Gasteiger partial charge in [0.1, 0.15) is 11.5 Å². The first-order chi connectivity index (χ1) is 13.5. The van der Waals surface area contributed by atoms with Gasteiger partial charge in [0, 0.05) is 36.9 Å². The molecule has 10 heteroatoms. The molecular formula is C18H15N3O5S2. The molecule has 0 bridgehead atoms. The Morgan fingerprint density at radius 3 is 2.54 bits per heavy atom. The van der Waals surface area contributed by atoms with Crippen molar-refractivity contribution < 1.29 is 18.9 Å². The molecule has 4 rings (SSSR count). The number of hydrogen-bond donors (Lipinski definition) is 0. The van der Waals surface area contributed by atoms with Crippen LogP contribution < -0.4 is 0 Å². The fourth-order valence-corrected chi connectivity index (χ4v) is 4.21. The van der Waals surface area contributed by atoms with Gasteiger partial charge in [0.15, 0.2) is 4.32 Å². The molecule has 0 spiro atoms. The lowest BCUT2D eigenvalue weighted by atomic mass is 10.1. The van der Waals surface area contributed by atoms with E-state index >= 15 is 0 Å². The first-order valence-electron chi connectivity index (χ1n) is 8.48. The van der Waals surface area contributed by atoms with Gasteiger partial charge in [0.2, 0.25) is 0 Å². The molecule has 28 heavy (non-hydrogen) atoms. The number of non-ortho nitro benzene ring substituents is 1. The highest BCUT2D eigenvalue weighted by atomic mass is 32.2. The summed E-state index contributed by atoms with van der Waals surface area (Å²) in [6.07, 6.45) is 1.66. The number of nitro groups is 1. The average molecular weight is 417 g/mol. The molecule has 2 aliphatic heterocycles. The molecule has 2 aromatic rings. The van der Waals surface area contributed by atoms with E-state index in [0.29, 0.717) is 52.6 Å². The quantitative estimate of drug-likeness (QED) is 0.324. The van der Waals surface area contributed by atoms with Crippen molar-refractivity contribution in [1.82, 2.24) is 10.0 Å². The van der Waals surface area contributed by atoms with E-state index < -0.39 is 4.92 Å². The molecule has 2 fully saturated rings. The fourth-order valence-electron chi connectivity index (χ4n) is 2.92. The standard InChI is InChI=1S/C18H15N3O5S2/c22-17-16(28-18(27)20(17)19-7-9-25-10-8-19)11-14-5-6-15(26-14)12-1-3-13(4-2-12)21(23)24/h1-6,11H,7-10H2/b16-11+. The van der Waals surface area contributed by atoms with Crippen LogP contribution in [0.4, 0.5) is 5.69 Å². The zero-order valence-corrected chi connectivity index (χ0v) is 16.2. The number of rotatable bonds is 4. The maximum atomic E-state index is 12.8. The molecule has 3 heterocycles. The second-order valence-corrected chi connectivity index (χ2v) is 7.74. The summed E-state index contributed by atoms with van der Waals surface area (Å²) < 4.78 is 11.6. The van der Waals surface area contributed by atoms with Crippen LogP contribution in [0.15, 0.2) is 45.7 Å². The van der Waals surface area contributed by atoms with Crippen LogP contribution in [-0.2, 0) is 9.53 Å². The third kappa shape index (κ3) is 3.72. The Labute approximate surface area is 169 Å². The highest BCUT2D eigenvalue weighted by Gasteiger charge is 2.37. The Hall–Kier alpha value is -2.53. The normalized spacial score (nSPS) is 19.6. The van der Waals surface area contributed by atoms with Crippen molar-refractivity contribution in [1.29, 1.82) is 0 Å². The SMILES string of the molecule is O=C1/C(=C\c2ccc(-c3ccc([N+](=O)[O-])cc3)o2)SC(=S)N1N1CCOCC1. The predicted molar refractivity (Wildman–Crippen MR) is 108 cm³/mol. The van der Waals surface area contributed by atoms with E-state index in [2.05, 4.69) is 0 Å². The van der Waals surface area contributed by atoms with E-state index in [1.165, 1.54) is 28.9 Å². The Morgan fingerprint density at radius 1 is 1.14 bits per heavy atom. The molecule has 1 aromatic carbocycles. The van der Waals surface area contributed by atoms with Gasteiger partial charge in [-0.05, 0) is 24.3 Å². The van der Waals surface area contributed by atoms with Crippen molar-refractivity contribution in [3.63, 3.8) is 0 Å². The highest BCUT2D eigenvalue weighted by molar-refractivity contribution is 8.26. The van der Waals surface area contributed by atoms with Gasteiger partial charge in [-0.15, -0.1) is 0 Å². The molecule has 0 unspecified atom stereocenters. The molecule has 0 aliphatic carbocycles. The molecule has 0 N–H and O–H groups in total. The number of carbonyl (C=O) groups excluding carboxylic acids is 1. The lowest BCUT2D eigenvalue weighted by Gasteiger charge is -2.33. The smallest absolute Gasteiger partial charge is 0.281 e. The zero-order valence-electron chi connectivity index (χ0n) is 14.6. The predicted octanol–water partition coefficient (Wildman–Crippen LogP) is 3.30. The van der Waals surface area contributed by atoms with Gasteiger partial charge in [0.25, 0.3) is 11.6 Å². The minimum atomic E-state index is -0.451. The third-order valence-electron chi connectivity index (χ3n) is 4.31. The number of hydrogen-bond acceptors (Lipinski definition) is 8. The van der Waals surface area contributed by atoms with E-state index in [1.54, 1.807) is 30.3 Å². The summed E-state index contributed by atoms with van der Waals surface area (Å²) in [4.78, 5) is 23.6. The topological polar surface area (TPSA) is 89.1 Å². The number of thioether (sulfide) groups is 1. The fraction of sp³-hybridized carbons (Fsp3) is 0.222. The number of ether oxygens (including phenoxy) is 1. The van der Waals surface area contributed by atoms with Crippen molar-refractivity contribution >= 4 is 46.0 Å². The van der Waals surface area contributed by atoms with E-state index in [1.807, 2.05) is 5.01 Å². The average Bonchev–Trinajstić information content (AvgIpc) is 3.27. The molecule has 144 valence electrons. The number of thiocarbonyl (C=S) groups is 1. The van der Waals surface area contributed by atoms with Gasteiger partial charge in [-0.1, -0.05) is 24.0 Å². The number of morpholine rings is 1. The summed E-state index contributed by atoms with van der Waals surface area (Å²) in [5.74, 6) is 0.894. The Morgan fingerprint density at radius 2 is 1.86 bits per heavy atom. The lowest BCUT2D eigenvalue weighted by Crippen LogP contribution is -2.50. The van der Waals surface area contributed by atoms with Gasteiger partial charge in [-0.25, -0.2) is 10.0 Å². The largest absolute Gasteiger partial charge is 0.457 e. The Kier molecular flexibility index (Phi) is 5.27. The molecule has 2 saturated heterocycles. The summed E-state index contributed by atoms with van der Waals surface area (Å²) in [5.41, 5.74) is 0.730. The summed E-state index contributed by atoms with van der Waals surface area (Å²) in [5, 5.41) is 14.2. The van der Waals surface area contributed by atoms with Crippen molar-refractivity contribution in [2.75, 3.05) is 26.3 Å². The molecule has 0 radical (unpaired) electrons. The van der Waals surface area contributed by atoms with Gasteiger partial charge in [0.05, 0.1) is 23.0 Å². The first-order valence-corrected chi connectivity index (χ1v) is 9.70. The number of carbonyl (C=O) groups is 1. The maximum Gasteiger partial charge on any atom is 0.281 e. The van der Waals surface area contributed by atoms with Gasteiger partial charge in [-0.2, -0.15) is 0 Å². The van der Waals surface area contributed by atoms with E-state index in [4.69, 9.17) is 21.4 Å². The number of amides is 1. The molecule has 1 aromatic heterocycles. The minimum Gasteiger partial charge on any atom is -0.457 e. The molecule has 0 saturated carbocycles. The van der Waals surface area contributed by atoms with Crippen molar-refractivity contribution in [3.8, 4) is 11.3 Å². The lowest BCUT2D eigenvalue weighted by molar-refractivity contribution is -0.384. The van der Waals surface area contributed by atoms with Crippen LogP contribution in [0.3, 0.4) is 0 Å². The molecule has 1 amide bonds. The van der Waals surface area contributed by atoms with Crippen LogP contribution in [-0.4, -0.2) is 51.5 Å². The van der Waals surface area contributed by atoms with Crippen LogP contribution in [0.5, 0.6) is 0 Å². The van der Waals surface area contributed by atoms with Gasteiger partial charge < -0.3 is 9.15 Å². The van der Waals surface area contributed by atoms with Gasteiger partial charge >= 0.3 is 0 Å².